The first-order chi connectivity index (χ1) is 8.61. The molecule has 1 amide bonds. The van der Waals surface area contributed by atoms with Crippen molar-refractivity contribution in [2.24, 2.45) is 0 Å². The number of aliphatic hydroxyl groups is 1. The molecule has 1 aromatic rings. The largest absolute Gasteiger partial charge is 0.391 e. The maximum absolute atomic E-state index is 11.5. The molecule has 18 heavy (non-hydrogen) atoms. The highest BCUT2D eigenvalue weighted by Gasteiger charge is 2.03. The van der Waals surface area contributed by atoms with Gasteiger partial charge in [0.25, 0.3) is 0 Å². The van der Waals surface area contributed by atoms with Crippen LogP contribution in [0.5, 0.6) is 0 Å². The summed E-state index contributed by atoms with van der Waals surface area (Å²) in [5.74, 6) is -0.217. The van der Waals surface area contributed by atoms with Gasteiger partial charge in [-0.2, -0.15) is 0 Å². The van der Waals surface area contributed by atoms with Gasteiger partial charge in [0, 0.05) is 17.6 Å². The molecule has 0 aliphatic heterocycles. The molecule has 0 saturated carbocycles. The highest BCUT2D eigenvalue weighted by molar-refractivity contribution is 6.30. The van der Waals surface area contributed by atoms with Crippen LogP contribution in [-0.4, -0.2) is 23.7 Å². The summed E-state index contributed by atoms with van der Waals surface area (Å²) in [5, 5.41) is 12.7. The Balaban J connectivity index is 2.40. The summed E-state index contributed by atoms with van der Waals surface area (Å²) in [7, 11) is 0. The second kappa shape index (κ2) is 7.90. The topological polar surface area (TPSA) is 49.3 Å². The molecule has 1 rings (SSSR count). The van der Waals surface area contributed by atoms with Crippen LogP contribution < -0.4 is 5.32 Å². The van der Waals surface area contributed by atoms with E-state index in [4.69, 9.17) is 11.6 Å². The molecule has 98 valence electrons. The van der Waals surface area contributed by atoms with Gasteiger partial charge in [-0.3, -0.25) is 4.79 Å². The molecule has 4 heteroatoms. The SMILES string of the molecule is CCCC(O)CNC(=O)/C=C/c1cccc(Cl)c1. The molecule has 0 spiro atoms. The van der Waals surface area contributed by atoms with E-state index in [0.29, 0.717) is 11.4 Å². The van der Waals surface area contributed by atoms with Crippen molar-refractivity contribution in [3.63, 3.8) is 0 Å². The minimum Gasteiger partial charge on any atom is -0.391 e. The third-order valence-corrected chi connectivity index (χ3v) is 2.64. The van der Waals surface area contributed by atoms with Crippen molar-refractivity contribution in [1.29, 1.82) is 0 Å². The summed E-state index contributed by atoms with van der Waals surface area (Å²) in [6.45, 7) is 2.27. The van der Waals surface area contributed by atoms with Crippen LogP contribution in [-0.2, 0) is 4.79 Å². The molecule has 0 aromatic heterocycles. The van der Waals surface area contributed by atoms with E-state index >= 15 is 0 Å². The van der Waals surface area contributed by atoms with Crippen LogP contribution in [0.3, 0.4) is 0 Å². The molecule has 0 bridgehead atoms. The minimum absolute atomic E-state index is 0.217. The third kappa shape index (κ3) is 5.84. The Hall–Kier alpha value is -1.32. The Morgan fingerprint density at radius 1 is 1.56 bits per heavy atom. The van der Waals surface area contributed by atoms with Crippen LogP contribution in [0.4, 0.5) is 0 Å². The Morgan fingerprint density at radius 2 is 2.33 bits per heavy atom. The Bertz CT molecular complexity index is 418. The summed E-state index contributed by atoms with van der Waals surface area (Å²) in [5.41, 5.74) is 0.867. The number of rotatable bonds is 6. The lowest BCUT2D eigenvalue weighted by Gasteiger charge is -2.08. The van der Waals surface area contributed by atoms with Crippen molar-refractivity contribution >= 4 is 23.6 Å². The molecule has 3 nitrogen and oxygen atoms in total. The van der Waals surface area contributed by atoms with Crippen molar-refractivity contribution in [2.75, 3.05) is 6.54 Å². The van der Waals surface area contributed by atoms with Gasteiger partial charge in [-0.25, -0.2) is 0 Å². The standard InChI is InChI=1S/C14H18ClNO2/c1-2-4-13(17)10-16-14(18)8-7-11-5-3-6-12(15)9-11/h3,5-9,13,17H,2,4,10H2,1H3,(H,16,18)/b8-7+. The van der Waals surface area contributed by atoms with E-state index in [1.165, 1.54) is 6.08 Å². The van der Waals surface area contributed by atoms with Crippen molar-refractivity contribution in [3.05, 3.63) is 40.9 Å². The van der Waals surface area contributed by atoms with Crippen LogP contribution in [0, 0.1) is 0 Å². The molecular formula is C14H18ClNO2. The lowest BCUT2D eigenvalue weighted by molar-refractivity contribution is -0.116. The number of carbonyl (C=O) groups is 1. The number of amides is 1. The molecule has 0 saturated heterocycles. The highest BCUT2D eigenvalue weighted by atomic mass is 35.5. The van der Waals surface area contributed by atoms with Crippen molar-refractivity contribution in [1.82, 2.24) is 5.32 Å². The number of benzene rings is 1. The summed E-state index contributed by atoms with van der Waals surface area (Å²) in [6.07, 6.45) is 4.24. The molecule has 0 aliphatic rings. The molecular weight excluding hydrogens is 250 g/mol. The lowest BCUT2D eigenvalue weighted by atomic mass is 10.2. The Kier molecular flexibility index (Phi) is 6.47. The first-order valence-corrected chi connectivity index (χ1v) is 6.39. The molecule has 0 radical (unpaired) electrons. The quantitative estimate of drug-likeness (QED) is 0.779. The van der Waals surface area contributed by atoms with Crippen LogP contribution in [0.25, 0.3) is 6.08 Å². The van der Waals surface area contributed by atoms with E-state index in [1.807, 2.05) is 19.1 Å². The molecule has 1 unspecified atom stereocenters. The predicted octanol–water partition coefficient (Wildman–Crippen LogP) is 2.63. The van der Waals surface area contributed by atoms with E-state index < -0.39 is 6.10 Å². The van der Waals surface area contributed by atoms with Gasteiger partial charge in [-0.1, -0.05) is 37.1 Å². The fourth-order valence-electron chi connectivity index (χ4n) is 1.49. The molecule has 1 aromatic carbocycles. The zero-order valence-electron chi connectivity index (χ0n) is 10.4. The summed E-state index contributed by atoms with van der Waals surface area (Å²) in [4.78, 5) is 11.5. The van der Waals surface area contributed by atoms with Gasteiger partial charge in [0.1, 0.15) is 0 Å². The van der Waals surface area contributed by atoms with E-state index in [9.17, 15) is 9.90 Å². The fraction of sp³-hybridized carbons (Fsp3) is 0.357. The van der Waals surface area contributed by atoms with Crippen LogP contribution >= 0.6 is 11.6 Å². The molecule has 2 N–H and O–H groups in total. The Labute approximate surface area is 112 Å². The van der Waals surface area contributed by atoms with E-state index in [-0.39, 0.29) is 12.5 Å². The van der Waals surface area contributed by atoms with Gasteiger partial charge in [0.15, 0.2) is 0 Å². The summed E-state index contributed by atoms with van der Waals surface area (Å²) in [6, 6.07) is 7.24. The van der Waals surface area contributed by atoms with Crippen LogP contribution in [0.15, 0.2) is 30.3 Å². The predicted molar refractivity (Wildman–Crippen MR) is 74.4 cm³/mol. The number of nitrogens with one attached hydrogen (secondary N) is 1. The average molecular weight is 268 g/mol. The highest BCUT2D eigenvalue weighted by Crippen LogP contribution is 2.11. The second-order valence-corrected chi connectivity index (χ2v) is 4.51. The average Bonchev–Trinajstić information content (AvgIpc) is 2.34. The van der Waals surface area contributed by atoms with Gasteiger partial charge < -0.3 is 10.4 Å². The van der Waals surface area contributed by atoms with Gasteiger partial charge in [-0.15, -0.1) is 0 Å². The maximum atomic E-state index is 11.5. The maximum Gasteiger partial charge on any atom is 0.244 e. The van der Waals surface area contributed by atoms with Crippen LogP contribution in [0.2, 0.25) is 5.02 Å². The number of hydrogen-bond acceptors (Lipinski definition) is 2. The van der Waals surface area contributed by atoms with Gasteiger partial charge in [-0.05, 0) is 30.2 Å². The second-order valence-electron chi connectivity index (χ2n) is 4.08. The summed E-state index contributed by atoms with van der Waals surface area (Å²) < 4.78 is 0. The molecule has 1 atom stereocenters. The molecule has 0 fully saturated rings. The van der Waals surface area contributed by atoms with Crippen LogP contribution in [0.1, 0.15) is 25.3 Å². The smallest absolute Gasteiger partial charge is 0.244 e. The van der Waals surface area contributed by atoms with Gasteiger partial charge in [0.2, 0.25) is 5.91 Å². The number of carbonyl (C=O) groups excluding carboxylic acids is 1. The molecule has 0 heterocycles. The summed E-state index contributed by atoms with van der Waals surface area (Å²) >= 11 is 5.83. The first kappa shape index (κ1) is 14.7. The van der Waals surface area contributed by atoms with E-state index in [2.05, 4.69) is 5.32 Å². The molecule has 0 aliphatic carbocycles. The monoisotopic (exact) mass is 267 g/mol. The van der Waals surface area contributed by atoms with Gasteiger partial charge >= 0.3 is 0 Å². The minimum atomic E-state index is -0.474. The Morgan fingerprint density at radius 3 is 3.00 bits per heavy atom. The number of aliphatic hydroxyl groups excluding tert-OH is 1. The number of halogens is 1. The fourth-order valence-corrected chi connectivity index (χ4v) is 1.69. The third-order valence-electron chi connectivity index (χ3n) is 2.41. The van der Waals surface area contributed by atoms with E-state index in [1.54, 1.807) is 18.2 Å². The lowest BCUT2D eigenvalue weighted by Crippen LogP contribution is -2.30. The zero-order valence-corrected chi connectivity index (χ0v) is 11.2. The van der Waals surface area contributed by atoms with Crippen molar-refractivity contribution in [3.8, 4) is 0 Å². The van der Waals surface area contributed by atoms with Crippen molar-refractivity contribution in [2.45, 2.75) is 25.9 Å². The van der Waals surface area contributed by atoms with Crippen molar-refractivity contribution < 1.29 is 9.90 Å². The van der Waals surface area contributed by atoms with E-state index in [0.717, 1.165) is 12.0 Å². The number of hydrogen-bond donors (Lipinski definition) is 2. The normalized spacial score (nSPS) is 12.6. The zero-order chi connectivity index (χ0) is 13.4. The van der Waals surface area contributed by atoms with Gasteiger partial charge in [0.05, 0.1) is 6.10 Å². The first-order valence-electron chi connectivity index (χ1n) is 6.01.